The monoisotopic (exact) mass is 442 g/mol. The summed E-state index contributed by atoms with van der Waals surface area (Å²) in [6.45, 7) is 3.20. The first-order chi connectivity index (χ1) is 14.1. The lowest BCUT2D eigenvalue weighted by molar-refractivity contribution is -0.226. The van der Waals surface area contributed by atoms with E-state index < -0.39 is 35.4 Å². The van der Waals surface area contributed by atoms with Crippen molar-refractivity contribution in [1.82, 2.24) is 0 Å². The van der Waals surface area contributed by atoms with Crippen LogP contribution in [0, 0.1) is 23.5 Å². The van der Waals surface area contributed by atoms with Gasteiger partial charge in [-0.05, 0) is 43.2 Å². The van der Waals surface area contributed by atoms with Crippen molar-refractivity contribution >= 4 is 0 Å². The molecule has 1 aliphatic heterocycles. The molecule has 3 nitrogen and oxygen atoms in total. The molecule has 0 N–H and O–H groups in total. The van der Waals surface area contributed by atoms with Gasteiger partial charge < -0.3 is 14.2 Å². The molecule has 1 aliphatic carbocycles. The zero-order chi connectivity index (χ0) is 22.1. The highest BCUT2D eigenvalue weighted by atomic mass is 19.3. The topological polar surface area (TPSA) is 27.7 Å². The summed E-state index contributed by atoms with van der Waals surface area (Å²) in [4.78, 5) is 0. The van der Waals surface area contributed by atoms with E-state index in [1.54, 1.807) is 0 Å². The van der Waals surface area contributed by atoms with Crippen LogP contribution < -0.4 is 4.74 Å². The second-order valence-electron chi connectivity index (χ2n) is 7.73. The fourth-order valence-corrected chi connectivity index (χ4v) is 3.82. The Labute approximate surface area is 168 Å². The molecule has 0 amide bonds. The van der Waals surface area contributed by atoms with E-state index in [0.717, 1.165) is 6.07 Å². The highest BCUT2D eigenvalue weighted by molar-refractivity contribution is 5.34. The van der Waals surface area contributed by atoms with Crippen molar-refractivity contribution in [1.29, 1.82) is 0 Å². The molecule has 0 bridgehead atoms. The maximum Gasteiger partial charge on any atom is 0.459 e. The van der Waals surface area contributed by atoms with E-state index >= 15 is 0 Å². The number of alkyl halides is 2. The van der Waals surface area contributed by atoms with E-state index in [0.29, 0.717) is 50.9 Å². The summed E-state index contributed by atoms with van der Waals surface area (Å²) < 4.78 is 107. The number of halogens is 7. The van der Waals surface area contributed by atoms with Crippen LogP contribution in [0.1, 0.15) is 44.1 Å². The van der Waals surface area contributed by atoms with Gasteiger partial charge in [0.2, 0.25) is 5.82 Å². The first kappa shape index (κ1) is 22.9. The van der Waals surface area contributed by atoms with Gasteiger partial charge in [0.25, 0.3) is 5.83 Å². The normalized spacial score (nSPS) is 27.6. The van der Waals surface area contributed by atoms with Gasteiger partial charge in [0.05, 0.1) is 13.2 Å². The second kappa shape index (κ2) is 9.13. The van der Waals surface area contributed by atoms with E-state index in [2.05, 4.69) is 4.74 Å². The van der Waals surface area contributed by atoms with Gasteiger partial charge in [-0.2, -0.15) is 26.3 Å². The molecule has 1 heterocycles. The van der Waals surface area contributed by atoms with E-state index in [4.69, 9.17) is 9.47 Å². The summed E-state index contributed by atoms with van der Waals surface area (Å²) in [6.07, 6.45) is -6.47. The number of rotatable bonds is 5. The fourth-order valence-electron chi connectivity index (χ4n) is 3.82. The Morgan fingerprint density at radius 2 is 1.57 bits per heavy atom. The highest BCUT2D eigenvalue weighted by Crippen LogP contribution is 2.42. The minimum absolute atomic E-state index is 0.0339. The average molecular weight is 442 g/mol. The zero-order valence-corrected chi connectivity index (χ0v) is 16.1. The molecular weight excluding hydrogens is 421 g/mol. The Hall–Kier alpha value is -1.81. The Morgan fingerprint density at radius 3 is 2.13 bits per heavy atom. The lowest BCUT2D eigenvalue weighted by atomic mass is 9.78. The third-order valence-electron chi connectivity index (χ3n) is 5.42. The maximum absolute atomic E-state index is 14.5. The van der Waals surface area contributed by atoms with Crippen molar-refractivity contribution in [3.05, 3.63) is 41.2 Å². The molecule has 1 aromatic rings. The predicted octanol–water partition coefficient (Wildman–Crippen LogP) is 6.30. The predicted molar refractivity (Wildman–Crippen MR) is 91.8 cm³/mol. The van der Waals surface area contributed by atoms with Gasteiger partial charge >= 0.3 is 12.2 Å². The molecule has 0 atom stereocenters. The molecular formula is C20H21F7O3. The maximum atomic E-state index is 14.5. The smallest absolute Gasteiger partial charge is 0.424 e. The third kappa shape index (κ3) is 4.91. The molecule has 0 aromatic heterocycles. The molecule has 168 valence electrons. The summed E-state index contributed by atoms with van der Waals surface area (Å²) >= 11 is 0. The summed E-state index contributed by atoms with van der Waals surface area (Å²) in [7, 11) is 0. The molecule has 0 unspecified atom stereocenters. The molecule has 2 aliphatic rings. The summed E-state index contributed by atoms with van der Waals surface area (Å²) in [5, 5.41) is 0. The lowest BCUT2D eigenvalue weighted by Crippen LogP contribution is -2.37. The van der Waals surface area contributed by atoms with Crippen LogP contribution in [0.5, 0.6) is 5.75 Å². The fraction of sp³-hybridized carbons (Fsp3) is 0.600. The van der Waals surface area contributed by atoms with Crippen LogP contribution in [0.2, 0.25) is 0 Å². The van der Waals surface area contributed by atoms with E-state index in [1.807, 2.05) is 6.92 Å². The first-order valence-corrected chi connectivity index (χ1v) is 9.59. The lowest BCUT2D eigenvalue weighted by Gasteiger charge is -2.37. The SMILES string of the molecule is CC1COC(C2CCC(c3ccc(OC(F)(F)C(F)=C(F)F)c(F)c3F)CC2)OC1. The average Bonchev–Trinajstić information content (AvgIpc) is 2.71. The summed E-state index contributed by atoms with van der Waals surface area (Å²) in [5.74, 6) is -7.66. The Bertz CT molecular complexity index is 779. The molecule has 2 fully saturated rings. The molecule has 10 heteroatoms. The molecule has 1 saturated carbocycles. The van der Waals surface area contributed by atoms with Crippen LogP contribution in [0.4, 0.5) is 30.7 Å². The molecule has 0 radical (unpaired) electrons. The minimum atomic E-state index is -5.12. The zero-order valence-electron chi connectivity index (χ0n) is 16.1. The van der Waals surface area contributed by atoms with Gasteiger partial charge in [-0.3, -0.25) is 0 Å². The second-order valence-corrected chi connectivity index (χ2v) is 7.73. The van der Waals surface area contributed by atoms with E-state index in [-0.39, 0.29) is 23.7 Å². The van der Waals surface area contributed by atoms with E-state index in [9.17, 15) is 30.7 Å². The van der Waals surface area contributed by atoms with Crippen LogP contribution in [0.15, 0.2) is 24.0 Å². The number of benzene rings is 1. The van der Waals surface area contributed by atoms with Crippen LogP contribution in [0.3, 0.4) is 0 Å². The Kier molecular flexibility index (Phi) is 6.96. The standard InChI is InChI=1S/C20H21F7O3/c1-10-8-28-19(29-9-10)12-4-2-11(3-5-12)13-6-7-14(16(22)15(13)21)30-20(26,27)17(23)18(24)25/h6-7,10-12,19H,2-5,8-9H2,1H3. The van der Waals surface area contributed by atoms with Gasteiger partial charge in [0, 0.05) is 11.8 Å². The van der Waals surface area contributed by atoms with Crippen molar-refractivity contribution in [2.24, 2.45) is 11.8 Å². The van der Waals surface area contributed by atoms with Gasteiger partial charge in [0.1, 0.15) is 0 Å². The largest absolute Gasteiger partial charge is 0.459 e. The summed E-state index contributed by atoms with van der Waals surface area (Å²) in [5.41, 5.74) is -0.0339. The molecule has 0 spiro atoms. The van der Waals surface area contributed by atoms with Crippen molar-refractivity contribution in [3.8, 4) is 5.75 Å². The van der Waals surface area contributed by atoms with Gasteiger partial charge in [0.15, 0.2) is 17.9 Å². The molecule has 3 rings (SSSR count). The van der Waals surface area contributed by atoms with Crippen LogP contribution in [0.25, 0.3) is 0 Å². The number of ether oxygens (including phenoxy) is 3. The van der Waals surface area contributed by atoms with Gasteiger partial charge in [-0.1, -0.05) is 13.0 Å². The highest BCUT2D eigenvalue weighted by Gasteiger charge is 2.43. The number of hydrogen-bond acceptors (Lipinski definition) is 3. The van der Waals surface area contributed by atoms with Crippen molar-refractivity contribution in [3.63, 3.8) is 0 Å². The van der Waals surface area contributed by atoms with Crippen LogP contribution >= 0.6 is 0 Å². The van der Waals surface area contributed by atoms with Crippen molar-refractivity contribution < 1.29 is 44.9 Å². The van der Waals surface area contributed by atoms with Gasteiger partial charge in [-0.25, -0.2) is 4.39 Å². The van der Waals surface area contributed by atoms with Crippen LogP contribution in [-0.2, 0) is 9.47 Å². The van der Waals surface area contributed by atoms with Crippen molar-refractivity contribution in [2.75, 3.05) is 13.2 Å². The van der Waals surface area contributed by atoms with Gasteiger partial charge in [-0.15, -0.1) is 0 Å². The Morgan fingerprint density at radius 1 is 0.967 bits per heavy atom. The minimum Gasteiger partial charge on any atom is -0.424 e. The summed E-state index contributed by atoms with van der Waals surface area (Å²) in [6, 6.07) is 1.74. The third-order valence-corrected chi connectivity index (χ3v) is 5.42. The molecule has 1 saturated heterocycles. The van der Waals surface area contributed by atoms with Crippen LogP contribution in [-0.4, -0.2) is 25.6 Å². The quantitative estimate of drug-likeness (QED) is 0.501. The van der Waals surface area contributed by atoms with Crippen molar-refractivity contribution in [2.45, 2.75) is 50.9 Å². The Balaban J connectivity index is 1.67. The van der Waals surface area contributed by atoms with E-state index in [1.165, 1.54) is 0 Å². The first-order valence-electron chi connectivity index (χ1n) is 9.59. The molecule has 30 heavy (non-hydrogen) atoms. The molecule has 1 aromatic carbocycles. The number of hydrogen-bond donors (Lipinski definition) is 0.